The van der Waals surface area contributed by atoms with Crippen molar-refractivity contribution in [2.24, 2.45) is 22.9 Å². The molecule has 146 valence electrons. The van der Waals surface area contributed by atoms with Crippen LogP contribution in [-0.4, -0.2) is 29.1 Å². The number of nitrogens with zero attached hydrogens (tertiary/aromatic N) is 2. The molecule has 4 rings (SSSR count). The summed E-state index contributed by atoms with van der Waals surface area (Å²) in [5.41, 5.74) is 3.52. The highest BCUT2D eigenvalue weighted by Gasteiger charge is 2.44. The Morgan fingerprint density at radius 1 is 1.25 bits per heavy atom. The smallest absolute Gasteiger partial charge is 0.123 e. The minimum Gasteiger partial charge on any atom is -0.411 e. The molecule has 2 fully saturated rings. The Hall–Kier alpha value is -2.53. The summed E-state index contributed by atoms with van der Waals surface area (Å²) in [6, 6.07) is 10.5. The third-order valence-electron chi connectivity index (χ3n) is 6.21. The van der Waals surface area contributed by atoms with Gasteiger partial charge in [0.25, 0.3) is 0 Å². The number of oxime groups is 1. The molecule has 0 unspecified atom stereocenters. The average molecular weight is 380 g/mol. The molecule has 2 aliphatic carbocycles. The van der Waals surface area contributed by atoms with E-state index in [2.05, 4.69) is 22.3 Å². The molecule has 0 spiro atoms. The van der Waals surface area contributed by atoms with Crippen molar-refractivity contribution < 1.29 is 14.3 Å². The molecule has 1 heterocycles. The lowest BCUT2D eigenvalue weighted by atomic mass is 9.77. The molecule has 1 N–H and O–H groups in total. The maximum absolute atomic E-state index is 13.4. The zero-order valence-electron chi connectivity index (χ0n) is 16.0. The highest BCUT2D eigenvalue weighted by atomic mass is 19.1. The van der Waals surface area contributed by atoms with Gasteiger partial charge in [-0.3, -0.25) is 4.98 Å². The minimum absolute atomic E-state index is 0.191. The maximum atomic E-state index is 13.4. The van der Waals surface area contributed by atoms with Crippen LogP contribution in [0.4, 0.5) is 4.39 Å². The number of hydrogen-bond donors (Lipinski definition) is 1. The fourth-order valence-electron chi connectivity index (χ4n) is 4.78. The molecule has 1 aromatic carbocycles. The Morgan fingerprint density at radius 3 is 2.86 bits per heavy atom. The number of rotatable bonds is 4. The molecule has 2 saturated carbocycles. The molecule has 0 aliphatic heterocycles. The molecule has 0 amide bonds. The molecule has 0 bridgehead atoms. The zero-order valence-corrected chi connectivity index (χ0v) is 16.0. The van der Waals surface area contributed by atoms with Gasteiger partial charge in [0.2, 0.25) is 0 Å². The van der Waals surface area contributed by atoms with E-state index in [4.69, 9.17) is 9.94 Å². The van der Waals surface area contributed by atoms with Gasteiger partial charge in [-0.05, 0) is 67.4 Å². The van der Waals surface area contributed by atoms with Crippen molar-refractivity contribution in [3.05, 3.63) is 60.2 Å². The Morgan fingerprint density at radius 2 is 2.14 bits per heavy atom. The Labute approximate surface area is 164 Å². The van der Waals surface area contributed by atoms with Crippen LogP contribution in [0.2, 0.25) is 0 Å². The van der Waals surface area contributed by atoms with E-state index < -0.39 is 0 Å². The van der Waals surface area contributed by atoms with Gasteiger partial charge in [-0.2, -0.15) is 0 Å². The Bertz CT molecular complexity index is 878. The molecule has 4 nitrogen and oxygen atoms in total. The molecule has 4 atom stereocenters. The van der Waals surface area contributed by atoms with Crippen LogP contribution in [0.5, 0.6) is 0 Å². The van der Waals surface area contributed by atoms with Crippen LogP contribution in [0.25, 0.3) is 17.2 Å². The van der Waals surface area contributed by atoms with E-state index >= 15 is 0 Å². The topological polar surface area (TPSA) is 54.7 Å². The molecule has 28 heavy (non-hydrogen) atoms. The van der Waals surface area contributed by atoms with Gasteiger partial charge in [0.1, 0.15) is 5.82 Å². The largest absolute Gasteiger partial charge is 0.411 e. The van der Waals surface area contributed by atoms with E-state index in [1.807, 2.05) is 18.2 Å². The average Bonchev–Trinajstić information content (AvgIpc) is 3.09. The summed E-state index contributed by atoms with van der Waals surface area (Å²) in [6.07, 6.45) is 10.0. The van der Waals surface area contributed by atoms with Crippen LogP contribution in [-0.2, 0) is 4.74 Å². The van der Waals surface area contributed by atoms with Crippen LogP contribution in [0.15, 0.2) is 53.8 Å². The summed E-state index contributed by atoms with van der Waals surface area (Å²) in [5.74, 6) is 1.17. The van der Waals surface area contributed by atoms with Crippen LogP contribution in [0, 0.1) is 23.6 Å². The first kappa shape index (κ1) is 18.8. The first-order valence-corrected chi connectivity index (χ1v) is 9.80. The van der Waals surface area contributed by atoms with Crippen LogP contribution >= 0.6 is 0 Å². The van der Waals surface area contributed by atoms with Gasteiger partial charge in [0.05, 0.1) is 17.5 Å². The second-order valence-electron chi connectivity index (χ2n) is 7.76. The molecule has 1 aromatic heterocycles. The summed E-state index contributed by atoms with van der Waals surface area (Å²) < 4.78 is 19.2. The van der Waals surface area contributed by atoms with Gasteiger partial charge in [-0.15, -0.1) is 0 Å². The van der Waals surface area contributed by atoms with Gasteiger partial charge in [-0.1, -0.05) is 29.4 Å². The van der Waals surface area contributed by atoms with E-state index in [0.717, 1.165) is 48.2 Å². The first-order valence-electron chi connectivity index (χ1n) is 9.80. The second kappa shape index (κ2) is 8.23. The molecular formula is C23H25FN2O2. The standard InChI is InChI=1S/C23H25FN2O2/c1-28-23-13-17-12-20(26-27)8-9-21(17)22(23)10-7-19-6-5-16(14-25-19)15-3-2-4-18(24)11-15/h2-7,10-11,14,17,21-23,27H,8-9,12-13H2,1H3/b10-7+,26-20+/t17-,21+,22-,23-/m0/s1. The second-order valence-corrected chi connectivity index (χ2v) is 7.76. The fourth-order valence-corrected chi connectivity index (χ4v) is 4.78. The van der Waals surface area contributed by atoms with Crippen molar-refractivity contribution in [3.63, 3.8) is 0 Å². The SMILES string of the molecule is CO[C@H]1C[C@@H]2C/C(=N/O)CC[C@H]2[C@@H]1/C=C/c1ccc(-c2cccc(F)c2)cn1. The van der Waals surface area contributed by atoms with Crippen molar-refractivity contribution >= 4 is 11.8 Å². The zero-order chi connectivity index (χ0) is 19.5. The normalized spacial score (nSPS) is 28.7. The van der Waals surface area contributed by atoms with Crippen molar-refractivity contribution in [1.82, 2.24) is 4.98 Å². The van der Waals surface area contributed by atoms with Gasteiger partial charge in [0.15, 0.2) is 0 Å². The lowest BCUT2D eigenvalue weighted by Gasteiger charge is -2.28. The number of aromatic nitrogens is 1. The molecule has 2 aliphatic rings. The van der Waals surface area contributed by atoms with E-state index in [1.165, 1.54) is 12.1 Å². The van der Waals surface area contributed by atoms with Crippen LogP contribution in [0.1, 0.15) is 31.4 Å². The van der Waals surface area contributed by atoms with E-state index in [0.29, 0.717) is 17.8 Å². The third-order valence-corrected chi connectivity index (χ3v) is 6.21. The highest BCUT2D eigenvalue weighted by molar-refractivity contribution is 5.85. The maximum Gasteiger partial charge on any atom is 0.123 e. The summed E-state index contributed by atoms with van der Waals surface area (Å²) in [4.78, 5) is 4.52. The molecule has 5 heteroatoms. The number of hydrogen-bond acceptors (Lipinski definition) is 4. The fraction of sp³-hybridized carbons (Fsp3) is 0.391. The summed E-state index contributed by atoms with van der Waals surface area (Å²) in [6.45, 7) is 0. The summed E-state index contributed by atoms with van der Waals surface area (Å²) in [7, 11) is 1.77. The van der Waals surface area contributed by atoms with Crippen molar-refractivity contribution in [2.75, 3.05) is 7.11 Å². The number of benzene rings is 1. The highest BCUT2D eigenvalue weighted by Crippen LogP contribution is 2.47. The van der Waals surface area contributed by atoms with E-state index in [1.54, 1.807) is 19.4 Å². The Kier molecular flexibility index (Phi) is 5.53. The monoisotopic (exact) mass is 380 g/mol. The summed E-state index contributed by atoms with van der Waals surface area (Å²) >= 11 is 0. The molecule has 0 radical (unpaired) electrons. The minimum atomic E-state index is -0.246. The Balaban J connectivity index is 1.48. The number of pyridine rings is 1. The lowest BCUT2D eigenvalue weighted by molar-refractivity contribution is 0.0781. The molecular weight excluding hydrogens is 355 g/mol. The third kappa shape index (κ3) is 3.85. The van der Waals surface area contributed by atoms with Crippen molar-refractivity contribution in [2.45, 2.75) is 31.8 Å². The first-order chi connectivity index (χ1) is 13.7. The lowest BCUT2D eigenvalue weighted by Crippen LogP contribution is -2.25. The number of methoxy groups -OCH3 is 1. The number of ether oxygens (including phenoxy) is 1. The van der Waals surface area contributed by atoms with Crippen LogP contribution in [0.3, 0.4) is 0 Å². The number of fused-ring (bicyclic) bond motifs is 1. The van der Waals surface area contributed by atoms with Gasteiger partial charge in [0, 0.05) is 24.8 Å². The predicted molar refractivity (Wildman–Crippen MR) is 108 cm³/mol. The number of halogens is 1. The molecule has 2 aromatic rings. The van der Waals surface area contributed by atoms with Gasteiger partial charge < -0.3 is 9.94 Å². The summed E-state index contributed by atoms with van der Waals surface area (Å²) in [5, 5.41) is 12.5. The van der Waals surface area contributed by atoms with Gasteiger partial charge >= 0.3 is 0 Å². The van der Waals surface area contributed by atoms with Gasteiger partial charge in [-0.25, -0.2) is 4.39 Å². The van der Waals surface area contributed by atoms with E-state index in [-0.39, 0.29) is 11.9 Å². The van der Waals surface area contributed by atoms with Crippen molar-refractivity contribution in [1.29, 1.82) is 0 Å². The quantitative estimate of drug-likeness (QED) is 0.587. The van der Waals surface area contributed by atoms with Crippen molar-refractivity contribution in [3.8, 4) is 11.1 Å². The predicted octanol–water partition coefficient (Wildman–Crippen LogP) is 5.18. The van der Waals surface area contributed by atoms with E-state index in [9.17, 15) is 4.39 Å². The van der Waals surface area contributed by atoms with Crippen LogP contribution < -0.4 is 0 Å². The molecule has 0 saturated heterocycles.